The van der Waals surface area contributed by atoms with Gasteiger partial charge in [0.1, 0.15) is 17.2 Å². The Labute approximate surface area is 178 Å². The van der Waals surface area contributed by atoms with Crippen LogP contribution in [0.5, 0.6) is 17.2 Å². The van der Waals surface area contributed by atoms with E-state index in [-0.39, 0.29) is 10.6 Å². The van der Waals surface area contributed by atoms with Gasteiger partial charge in [-0.25, -0.2) is 8.42 Å². The zero-order valence-electron chi connectivity index (χ0n) is 17.2. The minimum absolute atomic E-state index is 0.216. The number of methoxy groups -OCH3 is 2. The quantitative estimate of drug-likeness (QED) is 0.479. The summed E-state index contributed by atoms with van der Waals surface area (Å²) in [5, 5.41) is 0.327. The van der Waals surface area contributed by atoms with Crippen LogP contribution < -0.4 is 18.9 Å². The van der Waals surface area contributed by atoms with E-state index >= 15 is 0 Å². The molecule has 0 bridgehead atoms. The fraction of sp³-hybridized carbons (Fsp3) is 0.429. The second-order valence-electron chi connectivity index (χ2n) is 6.45. The molecule has 0 radical (unpaired) electrons. The van der Waals surface area contributed by atoms with E-state index in [9.17, 15) is 8.42 Å². The molecule has 2 aromatic rings. The Morgan fingerprint density at radius 2 is 1.72 bits per heavy atom. The molecule has 29 heavy (non-hydrogen) atoms. The molecule has 2 rings (SSSR count). The van der Waals surface area contributed by atoms with Gasteiger partial charge >= 0.3 is 0 Å². The zero-order valence-corrected chi connectivity index (χ0v) is 18.8. The number of aryl methyl sites for hydroxylation is 1. The van der Waals surface area contributed by atoms with Gasteiger partial charge in [0.25, 0.3) is 10.0 Å². The summed E-state index contributed by atoms with van der Waals surface area (Å²) in [6, 6.07) is 8.06. The van der Waals surface area contributed by atoms with Crippen molar-refractivity contribution in [1.82, 2.24) is 0 Å². The summed E-state index contributed by atoms with van der Waals surface area (Å²) in [5.41, 5.74) is 0.971. The van der Waals surface area contributed by atoms with Gasteiger partial charge in [0.15, 0.2) is 0 Å². The molecular weight excluding hydrogens is 414 g/mol. The van der Waals surface area contributed by atoms with E-state index in [2.05, 4.69) is 11.6 Å². The van der Waals surface area contributed by atoms with Crippen LogP contribution in [0.1, 0.15) is 38.7 Å². The van der Waals surface area contributed by atoms with Gasteiger partial charge in [0, 0.05) is 12.1 Å². The summed E-state index contributed by atoms with van der Waals surface area (Å²) < 4.78 is 45.0. The normalized spacial score (nSPS) is 11.2. The monoisotopic (exact) mass is 441 g/mol. The van der Waals surface area contributed by atoms with Gasteiger partial charge in [-0.15, -0.1) is 0 Å². The molecule has 0 saturated carbocycles. The number of halogens is 1. The Morgan fingerprint density at radius 3 is 2.34 bits per heavy atom. The maximum atomic E-state index is 13.2. The predicted octanol–water partition coefficient (Wildman–Crippen LogP) is 5.29. The lowest BCUT2D eigenvalue weighted by atomic mass is 10.1. The fourth-order valence-corrected chi connectivity index (χ4v) is 4.52. The van der Waals surface area contributed by atoms with Crippen molar-refractivity contribution in [3.63, 3.8) is 0 Å². The van der Waals surface area contributed by atoms with Gasteiger partial charge in [-0.05, 0) is 43.5 Å². The maximum absolute atomic E-state index is 13.2. The highest BCUT2D eigenvalue weighted by atomic mass is 35.5. The molecule has 6 nitrogen and oxygen atoms in total. The highest BCUT2D eigenvalue weighted by Gasteiger charge is 2.22. The van der Waals surface area contributed by atoms with Crippen molar-refractivity contribution < 1.29 is 22.6 Å². The Bertz CT molecular complexity index is 931. The molecular formula is C21H28ClNO5S. The second kappa shape index (κ2) is 10.6. The van der Waals surface area contributed by atoms with E-state index in [0.29, 0.717) is 35.3 Å². The molecule has 0 spiro atoms. The minimum atomic E-state index is -3.87. The summed E-state index contributed by atoms with van der Waals surface area (Å²) in [6.07, 6.45) is 3.61. The van der Waals surface area contributed by atoms with E-state index in [1.165, 1.54) is 26.4 Å². The molecule has 0 saturated heterocycles. The van der Waals surface area contributed by atoms with E-state index in [1.54, 1.807) is 18.2 Å². The lowest BCUT2D eigenvalue weighted by Gasteiger charge is -2.17. The van der Waals surface area contributed by atoms with Gasteiger partial charge < -0.3 is 14.2 Å². The van der Waals surface area contributed by atoms with Crippen LogP contribution in [0.4, 0.5) is 5.69 Å². The molecule has 1 N–H and O–H groups in total. The van der Waals surface area contributed by atoms with Crippen LogP contribution in [-0.4, -0.2) is 29.2 Å². The number of benzene rings is 2. The highest BCUT2D eigenvalue weighted by Crippen LogP contribution is 2.37. The van der Waals surface area contributed by atoms with Crippen LogP contribution in [0, 0.1) is 0 Å². The largest absolute Gasteiger partial charge is 0.495 e. The molecule has 0 atom stereocenters. The molecule has 0 heterocycles. The third kappa shape index (κ3) is 5.93. The molecule has 8 heteroatoms. The summed E-state index contributed by atoms with van der Waals surface area (Å²) in [5.74, 6) is 1.31. The van der Waals surface area contributed by atoms with E-state index in [4.69, 9.17) is 25.8 Å². The van der Waals surface area contributed by atoms with Crippen LogP contribution in [0.15, 0.2) is 35.2 Å². The molecule has 160 valence electrons. The smallest absolute Gasteiger partial charge is 0.262 e. The topological polar surface area (TPSA) is 73.9 Å². The van der Waals surface area contributed by atoms with E-state index < -0.39 is 10.0 Å². The van der Waals surface area contributed by atoms with Crippen molar-refractivity contribution in [2.75, 3.05) is 25.5 Å². The SMILES string of the molecule is CCCCCc1cc(OCC)ccc1S(=O)(=O)Nc1cc(OC)c(Cl)cc1OC. The lowest BCUT2D eigenvalue weighted by Crippen LogP contribution is -2.16. The lowest BCUT2D eigenvalue weighted by molar-refractivity contribution is 0.339. The molecule has 0 fully saturated rings. The number of ether oxygens (including phenoxy) is 3. The Kier molecular flexibility index (Phi) is 8.46. The molecule has 0 aromatic heterocycles. The molecule has 0 unspecified atom stereocenters. The van der Waals surface area contributed by atoms with Crippen LogP contribution in [-0.2, 0) is 16.4 Å². The third-order valence-electron chi connectivity index (χ3n) is 4.40. The fourth-order valence-electron chi connectivity index (χ4n) is 2.98. The van der Waals surface area contributed by atoms with Crippen LogP contribution in [0.25, 0.3) is 0 Å². The number of unbranched alkanes of at least 4 members (excludes halogenated alkanes) is 2. The maximum Gasteiger partial charge on any atom is 0.262 e. The number of nitrogens with one attached hydrogen (secondary N) is 1. The van der Waals surface area contributed by atoms with Crippen molar-refractivity contribution in [2.24, 2.45) is 0 Å². The standard InChI is InChI=1S/C21H28ClNO5S/c1-5-7-8-9-15-12-16(28-6-2)10-11-21(15)29(24,25)23-18-14-19(26-3)17(22)13-20(18)27-4/h10-14,23H,5-9H2,1-4H3. The van der Waals surface area contributed by atoms with Crippen molar-refractivity contribution in [3.05, 3.63) is 40.9 Å². The first-order chi connectivity index (χ1) is 13.9. The van der Waals surface area contributed by atoms with Gasteiger partial charge in [0.2, 0.25) is 0 Å². The Hall–Kier alpha value is -2.12. The molecule has 0 aliphatic rings. The molecule has 2 aromatic carbocycles. The first-order valence-corrected chi connectivity index (χ1v) is 11.4. The number of anilines is 1. The van der Waals surface area contributed by atoms with E-state index in [0.717, 1.165) is 24.8 Å². The van der Waals surface area contributed by atoms with Crippen molar-refractivity contribution in [2.45, 2.75) is 44.4 Å². The van der Waals surface area contributed by atoms with Gasteiger partial charge in [-0.2, -0.15) is 0 Å². The summed E-state index contributed by atoms with van der Waals surface area (Å²) >= 11 is 6.12. The summed E-state index contributed by atoms with van der Waals surface area (Å²) in [6.45, 7) is 4.51. The first-order valence-electron chi connectivity index (χ1n) is 9.56. The molecule has 0 aliphatic carbocycles. The summed E-state index contributed by atoms with van der Waals surface area (Å²) in [7, 11) is -0.957. The number of hydrogen-bond donors (Lipinski definition) is 1. The summed E-state index contributed by atoms with van der Waals surface area (Å²) in [4.78, 5) is 0.216. The van der Waals surface area contributed by atoms with Gasteiger partial charge in [0.05, 0.1) is 36.4 Å². The highest BCUT2D eigenvalue weighted by molar-refractivity contribution is 7.92. The van der Waals surface area contributed by atoms with E-state index in [1.807, 2.05) is 6.92 Å². The number of hydrogen-bond acceptors (Lipinski definition) is 5. The van der Waals surface area contributed by atoms with Gasteiger partial charge in [-0.3, -0.25) is 4.72 Å². The van der Waals surface area contributed by atoms with Crippen molar-refractivity contribution in [1.29, 1.82) is 0 Å². The second-order valence-corrected chi connectivity index (χ2v) is 8.51. The van der Waals surface area contributed by atoms with Crippen molar-refractivity contribution >= 4 is 27.3 Å². The molecule has 0 aliphatic heterocycles. The van der Waals surface area contributed by atoms with Gasteiger partial charge in [-0.1, -0.05) is 31.4 Å². The predicted molar refractivity (Wildman–Crippen MR) is 116 cm³/mol. The number of rotatable bonds is 11. The molecule has 0 amide bonds. The van der Waals surface area contributed by atoms with Crippen LogP contribution in [0.3, 0.4) is 0 Å². The minimum Gasteiger partial charge on any atom is -0.495 e. The van der Waals surface area contributed by atoms with Crippen LogP contribution >= 0.6 is 11.6 Å². The third-order valence-corrected chi connectivity index (χ3v) is 6.16. The van der Waals surface area contributed by atoms with Crippen LogP contribution in [0.2, 0.25) is 5.02 Å². The zero-order chi connectivity index (χ0) is 21.4. The number of sulfonamides is 1. The van der Waals surface area contributed by atoms with Crippen molar-refractivity contribution in [3.8, 4) is 17.2 Å². The Morgan fingerprint density at radius 1 is 1.00 bits per heavy atom. The average Bonchev–Trinajstić information content (AvgIpc) is 2.69. The first kappa shape index (κ1) is 23.2. The average molecular weight is 442 g/mol. The Balaban J connectivity index is 2.44.